The van der Waals surface area contributed by atoms with Gasteiger partial charge in [-0.2, -0.15) is 0 Å². The number of aromatic nitrogens is 1. The minimum atomic E-state index is 0.0116. The van der Waals surface area contributed by atoms with Crippen molar-refractivity contribution in [1.82, 2.24) is 20.1 Å². The average molecular weight is 441 g/mol. The molecular weight excluding hydrogens is 416 g/mol. The van der Waals surface area contributed by atoms with Gasteiger partial charge in [0.05, 0.1) is 17.1 Å². The van der Waals surface area contributed by atoms with Crippen LogP contribution in [0.1, 0.15) is 20.9 Å². The van der Waals surface area contributed by atoms with Gasteiger partial charge in [-0.15, -0.1) is 22.7 Å². The van der Waals surface area contributed by atoms with Crippen molar-refractivity contribution in [2.45, 2.75) is 13.5 Å². The molecule has 4 rings (SSSR count). The van der Waals surface area contributed by atoms with E-state index in [9.17, 15) is 9.59 Å². The molecule has 2 aromatic heterocycles. The molecule has 6 nitrogen and oxygen atoms in total. The summed E-state index contributed by atoms with van der Waals surface area (Å²) in [4.78, 5) is 35.6. The Hall–Kier alpha value is -2.55. The average Bonchev–Trinajstić information content (AvgIpc) is 3.43. The van der Waals surface area contributed by atoms with Crippen LogP contribution in [-0.2, 0) is 11.3 Å². The number of piperazine rings is 1. The number of carbonyl (C=O) groups excluding carboxylic acids is 2. The minimum Gasteiger partial charge on any atom is -0.351 e. The van der Waals surface area contributed by atoms with Crippen LogP contribution in [0.25, 0.3) is 9.88 Å². The number of benzene rings is 1. The predicted octanol–water partition coefficient (Wildman–Crippen LogP) is 3.25. The number of nitrogens with zero attached hydrogens (tertiary/aromatic N) is 3. The zero-order valence-corrected chi connectivity index (χ0v) is 18.5. The van der Waals surface area contributed by atoms with E-state index in [2.05, 4.69) is 15.2 Å². The van der Waals surface area contributed by atoms with Crippen LogP contribution in [0.15, 0.2) is 47.8 Å². The van der Waals surface area contributed by atoms with Gasteiger partial charge in [0.2, 0.25) is 5.91 Å². The maximum absolute atomic E-state index is 13.0. The Morgan fingerprint density at radius 3 is 2.53 bits per heavy atom. The van der Waals surface area contributed by atoms with Crippen molar-refractivity contribution >= 4 is 34.5 Å². The molecule has 2 amide bonds. The zero-order chi connectivity index (χ0) is 20.9. The van der Waals surface area contributed by atoms with E-state index in [-0.39, 0.29) is 11.8 Å². The van der Waals surface area contributed by atoms with Gasteiger partial charge in [0.1, 0.15) is 9.88 Å². The third-order valence-electron chi connectivity index (χ3n) is 5.08. The van der Waals surface area contributed by atoms with Crippen molar-refractivity contribution in [1.29, 1.82) is 0 Å². The van der Waals surface area contributed by atoms with Crippen LogP contribution in [-0.4, -0.2) is 59.3 Å². The molecule has 0 unspecified atom stereocenters. The summed E-state index contributed by atoms with van der Waals surface area (Å²) in [6.45, 7) is 5.42. The lowest BCUT2D eigenvalue weighted by Gasteiger charge is -2.34. The van der Waals surface area contributed by atoms with Gasteiger partial charge in [-0.1, -0.05) is 36.4 Å². The van der Waals surface area contributed by atoms with Crippen molar-refractivity contribution in [2.24, 2.45) is 0 Å². The van der Waals surface area contributed by atoms with Gasteiger partial charge >= 0.3 is 0 Å². The number of thiazole rings is 1. The standard InChI is InChI=1S/C22H24N4O2S2/c1-16-20(30-21(24-16)18-8-5-13-29-18)22(28)26-11-9-25(10-12-26)15-19(27)23-14-17-6-3-2-4-7-17/h2-8,13H,9-12,14-15H2,1H3,(H,23,27). The first kappa shape index (κ1) is 20.7. The molecule has 0 saturated carbocycles. The second-order valence-electron chi connectivity index (χ2n) is 7.24. The Labute approximate surface area is 184 Å². The molecule has 1 aromatic carbocycles. The van der Waals surface area contributed by atoms with Crippen molar-refractivity contribution in [3.63, 3.8) is 0 Å². The van der Waals surface area contributed by atoms with E-state index in [1.165, 1.54) is 11.3 Å². The Balaban J connectivity index is 1.27. The molecule has 1 aliphatic heterocycles. The maximum Gasteiger partial charge on any atom is 0.265 e. The van der Waals surface area contributed by atoms with Gasteiger partial charge in [0.15, 0.2) is 0 Å². The molecule has 0 radical (unpaired) electrons. The number of nitrogens with one attached hydrogen (secondary N) is 1. The van der Waals surface area contributed by atoms with Gasteiger partial charge in [0.25, 0.3) is 5.91 Å². The lowest BCUT2D eigenvalue weighted by atomic mass is 10.2. The topological polar surface area (TPSA) is 65.5 Å². The van der Waals surface area contributed by atoms with Crippen molar-refractivity contribution < 1.29 is 9.59 Å². The molecular formula is C22H24N4O2S2. The molecule has 156 valence electrons. The first-order valence-electron chi connectivity index (χ1n) is 9.93. The summed E-state index contributed by atoms with van der Waals surface area (Å²) in [6.07, 6.45) is 0. The van der Waals surface area contributed by atoms with Crippen LogP contribution in [0, 0.1) is 6.92 Å². The van der Waals surface area contributed by atoms with Gasteiger partial charge in [-0.25, -0.2) is 4.98 Å². The summed E-state index contributed by atoms with van der Waals surface area (Å²) in [5.74, 6) is 0.0542. The van der Waals surface area contributed by atoms with E-state index in [4.69, 9.17) is 0 Å². The van der Waals surface area contributed by atoms with Crippen LogP contribution in [0.4, 0.5) is 0 Å². The van der Waals surface area contributed by atoms with Gasteiger partial charge in [-0.3, -0.25) is 14.5 Å². The van der Waals surface area contributed by atoms with E-state index < -0.39 is 0 Å². The van der Waals surface area contributed by atoms with E-state index in [1.807, 2.05) is 59.7 Å². The molecule has 1 N–H and O–H groups in total. The zero-order valence-electron chi connectivity index (χ0n) is 16.8. The van der Waals surface area contributed by atoms with Gasteiger partial charge in [-0.05, 0) is 23.9 Å². The Bertz CT molecular complexity index is 994. The third-order valence-corrected chi connectivity index (χ3v) is 7.27. The van der Waals surface area contributed by atoms with Crippen molar-refractivity contribution in [2.75, 3.05) is 32.7 Å². The molecule has 30 heavy (non-hydrogen) atoms. The van der Waals surface area contributed by atoms with E-state index in [0.717, 1.165) is 21.1 Å². The van der Waals surface area contributed by atoms with Crippen molar-refractivity contribution in [3.8, 4) is 9.88 Å². The van der Waals surface area contributed by atoms with Crippen LogP contribution >= 0.6 is 22.7 Å². The highest BCUT2D eigenvalue weighted by atomic mass is 32.1. The van der Waals surface area contributed by atoms with Crippen LogP contribution in [0.2, 0.25) is 0 Å². The highest BCUT2D eigenvalue weighted by Gasteiger charge is 2.26. The number of hydrogen-bond donors (Lipinski definition) is 1. The highest BCUT2D eigenvalue weighted by molar-refractivity contribution is 7.22. The molecule has 8 heteroatoms. The van der Waals surface area contributed by atoms with E-state index >= 15 is 0 Å². The molecule has 1 fully saturated rings. The molecule has 0 spiro atoms. The predicted molar refractivity (Wildman–Crippen MR) is 121 cm³/mol. The lowest BCUT2D eigenvalue weighted by molar-refractivity contribution is -0.122. The molecule has 3 heterocycles. The van der Waals surface area contributed by atoms with E-state index in [0.29, 0.717) is 44.1 Å². The largest absolute Gasteiger partial charge is 0.351 e. The minimum absolute atomic E-state index is 0.0116. The summed E-state index contributed by atoms with van der Waals surface area (Å²) in [7, 11) is 0. The second-order valence-corrected chi connectivity index (χ2v) is 9.19. The number of thiophene rings is 1. The monoisotopic (exact) mass is 440 g/mol. The maximum atomic E-state index is 13.0. The Morgan fingerprint density at radius 1 is 1.07 bits per heavy atom. The number of amides is 2. The molecule has 1 saturated heterocycles. The van der Waals surface area contributed by atoms with Crippen LogP contribution in [0.3, 0.4) is 0 Å². The third kappa shape index (κ3) is 4.95. The molecule has 0 aliphatic carbocycles. The van der Waals surface area contributed by atoms with Gasteiger partial charge < -0.3 is 10.2 Å². The Kier molecular flexibility index (Phi) is 6.56. The van der Waals surface area contributed by atoms with Gasteiger partial charge in [0, 0.05) is 32.7 Å². The summed E-state index contributed by atoms with van der Waals surface area (Å²) in [5.41, 5.74) is 1.87. The number of hydrogen-bond acceptors (Lipinski definition) is 6. The quantitative estimate of drug-likeness (QED) is 0.639. The first-order chi connectivity index (χ1) is 14.6. The summed E-state index contributed by atoms with van der Waals surface area (Å²) < 4.78 is 0. The van der Waals surface area contributed by atoms with Crippen LogP contribution < -0.4 is 5.32 Å². The summed E-state index contributed by atoms with van der Waals surface area (Å²) in [5, 5.41) is 5.88. The summed E-state index contributed by atoms with van der Waals surface area (Å²) >= 11 is 3.10. The SMILES string of the molecule is Cc1nc(-c2cccs2)sc1C(=O)N1CCN(CC(=O)NCc2ccccc2)CC1. The second kappa shape index (κ2) is 9.51. The highest BCUT2D eigenvalue weighted by Crippen LogP contribution is 2.31. The van der Waals surface area contributed by atoms with Crippen LogP contribution in [0.5, 0.6) is 0 Å². The molecule has 0 atom stereocenters. The normalized spacial score (nSPS) is 14.6. The summed E-state index contributed by atoms with van der Waals surface area (Å²) in [6, 6.07) is 13.9. The fourth-order valence-electron chi connectivity index (χ4n) is 3.41. The molecule has 1 aliphatic rings. The fourth-order valence-corrected chi connectivity index (χ4v) is 5.24. The fraction of sp³-hybridized carbons (Fsp3) is 0.318. The van der Waals surface area contributed by atoms with E-state index in [1.54, 1.807) is 11.3 Å². The smallest absolute Gasteiger partial charge is 0.265 e. The lowest BCUT2D eigenvalue weighted by Crippen LogP contribution is -2.51. The number of carbonyl (C=O) groups is 2. The Morgan fingerprint density at radius 2 is 1.83 bits per heavy atom. The number of aryl methyl sites for hydroxylation is 1. The number of rotatable bonds is 6. The molecule has 0 bridgehead atoms. The first-order valence-corrected chi connectivity index (χ1v) is 11.6. The molecule has 3 aromatic rings. The van der Waals surface area contributed by atoms with Crippen molar-refractivity contribution in [3.05, 3.63) is 64.0 Å².